The molecule has 0 unspecified atom stereocenters. The normalized spacial score (nSPS) is 12.6. The number of rotatable bonds is 2. The Kier molecular flexibility index (Phi) is 11.3. The van der Waals surface area contributed by atoms with Gasteiger partial charge >= 0.3 is 16.2 Å². The molecule has 0 atom stereocenters. The van der Waals surface area contributed by atoms with Crippen molar-refractivity contribution in [3.8, 4) is 65.3 Å². The first-order valence-electron chi connectivity index (χ1n) is 23.6. The molecule has 2 aliphatic heterocycles. The number of para-hydroxylation sites is 6. The number of benzene rings is 10. The Hall–Kier alpha value is -8.35. The van der Waals surface area contributed by atoms with Crippen LogP contribution in [0.1, 0.15) is 0 Å². The molecule has 74 heavy (non-hydrogen) atoms. The van der Waals surface area contributed by atoms with Gasteiger partial charge in [0, 0.05) is 24.3 Å². The van der Waals surface area contributed by atoms with Crippen LogP contribution in [0.4, 0.5) is 0 Å². The van der Waals surface area contributed by atoms with E-state index in [9.17, 15) is 10.2 Å². The van der Waals surface area contributed by atoms with Crippen LogP contribution in [-0.4, -0.2) is 10.1 Å². The summed E-state index contributed by atoms with van der Waals surface area (Å²) in [6.07, 6.45) is 0. The fraction of sp³-hybridized carbons (Fsp3) is 0.0164. The second kappa shape index (κ2) is 18.3. The number of thiazole rings is 4. The van der Waals surface area contributed by atoms with Crippen LogP contribution in [0.25, 0.3) is 105 Å². The predicted octanol–water partition coefficient (Wildman–Crippen LogP) is 12.8. The second-order valence-corrected chi connectivity index (χ2v) is 21.8. The molecular weight excluding hydrogens is 990 g/mol. The van der Waals surface area contributed by atoms with Gasteiger partial charge in [-0.15, -0.1) is 0 Å². The van der Waals surface area contributed by atoms with Gasteiger partial charge in [-0.25, -0.2) is 0 Å². The Morgan fingerprint density at radius 2 is 0.743 bits per heavy atom. The molecule has 0 aliphatic carbocycles. The Morgan fingerprint density at radius 1 is 0.365 bits per heavy atom. The number of hydrogen-bond donors (Lipinski definition) is 0. The van der Waals surface area contributed by atoms with Gasteiger partial charge in [0.15, 0.2) is 11.5 Å². The van der Waals surface area contributed by atoms with Gasteiger partial charge in [-0.2, -0.15) is 9.97 Å². The first-order valence-corrected chi connectivity index (χ1v) is 26.9. The zero-order valence-electron chi connectivity index (χ0n) is 39.2. The van der Waals surface area contributed by atoms with Crippen LogP contribution in [0.5, 0.6) is 23.0 Å². The Labute approximate surface area is 443 Å². The van der Waals surface area contributed by atoms with E-state index in [4.69, 9.17) is 9.47 Å². The van der Waals surface area contributed by atoms with E-state index in [2.05, 4.69) is 104 Å². The zero-order valence-corrected chi connectivity index (χ0v) is 42.4. The first kappa shape index (κ1) is 45.5. The quantitative estimate of drug-likeness (QED) is 0.127. The van der Waals surface area contributed by atoms with Crippen LogP contribution < -0.4 is 38.8 Å². The van der Waals surface area contributed by atoms with Gasteiger partial charge in [0.1, 0.15) is 29.9 Å². The van der Waals surface area contributed by atoms with Gasteiger partial charge in [-0.05, 0) is 91.3 Å². The molecule has 10 aromatic carbocycles. The first-order chi connectivity index (χ1) is 36.0. The van der Waals surface area contributed by atoms with Crippen LogP contribution in [0.3, 0.4) is 0 Å². The molecule has 8 nitrogen and oxygen atoms in total. The maximum atomic E-state index is 12.6. The SMILES string of the molecule is [Be+2].[O-]c1c(-c2[nH+]c3ccccc3s2)ccc2ccccc12.[O-]c1c(-c2[nH+]c3ccccc3s2)ccc2ccccc12.c1ccc2c(c1)OC1(Oc3ccccc3-c3sc4ccccc4[n+]31)[n+]1c-2sc2ccccc21. The number of fused-ring (bicyclic) bond motifs is 16. The van der Waals surface area contributed by atoms with Gasteiger partial charge in [-0.1, -0.05) is 190 Å². The van der Waals surface area contributed by atoms with E-state index in [-0.39, 0.29) is 21.6 Å². The van der Waals surface area contributed by atoms with Crippen molar-refractivity contribution in [2.75, 3.05) is 0 Å². The fourth-order valence-electron chi connectivity index (χ4n) is 9.86. The molecule has 0 fully saturated rings. The second-order valence-electron chi connectivity index (χ2n) is 17.6. The molecule has 13 heteroatoms. The number of aromatic nitrogens is 4. The average molecular weight is 1030 g/mol. The molecule has 2 N–H and O–H groups in total. The third-order valence-electron chi connectivity index (χ3n) is 13.3. The summed E-state index contributed by atoms with van der Waals surface area (Å²) in [7, 11) is 0. The molecule has 2 aliphatic rings. The van der Waals surface area contributed by atoms with Crippen molar-refractivity contribution in [3.05, 3.63) is 218 Å². The van der Waals surface area contributed by atoms with E-state index in [1.807, 2.05) is 133 Å². The van der Waals surface area contributed by atoms with E-state index >= 15 is 0 Å². The number of ether oxygens (including phenoxy) is 2. The van der Waals surface area contributed by atoms with E-state index in [1.165, 1.54) is 9.40 Å². The summed E-state index contributed by atoms with van der Waals surface area (Å²) in [5.41, 5.74) is 7.94. The minimum absolute atomic E-state index is 0. The van der Waals surface area contributed by atoms with Gasteiger partial charge in [0.2, 0.25) is 22.1 Å². The van der Waals surface area contributed by atoms with Crippen molar-refractivity contribution in [3.63, 3.8) is 0 Å². The standard InChI is InChI=1S/C27H16N2O2S2.2C17H11NOS.Be/c1-5-13-21-17(9-1)25-28(19-11-3-7-15-23(19)32-25)27(30-21)29-20-12-4-8-16-24(20)33-26(29)18-10-2-6-14-22(18)31-27;2*19-16-12-6-2-1-5-11(12)9-10-13(16)17-18-14-7-3-4-8-15(14)20-17;/h1-16H;2*1-10,19H;/q+2;;;+2. The minimum Gasteiger partial charge on any atom is -0.871 e. The van der Waals surface area contributed by atoms with Crippen LogP contribution in [-0.2, 0) is 6.03 Å². The van der Waals surface area contributed by atoms with Gasteiger partial charge in [0.25, 0.3) is 20.0 Å². The molecule has 14 aromatic rings. The smallest absolute Gasteiger partial charge is 0.871 e. The molecule has 0 radical (unpaired) electrons. The summed E-state index contributed by atoms with van der Waals surface area (Å²) < 4.78 is 23.0. The molecule has 4 aromatic heterocycles. The molecule has 16 rings (SSSR count). The van der Waals surface area contributed by atoms with Gasteiger partial charge in [0.05, 0.1) is 11.1 Å². The molecule has 0 bridgehead atoms. The summed E-state index contributed by atoms with van der Waals surface area (Å²) in [5.74, 6) is 1.81. The van der Waals surface area contributed by atoms with Crippen LogP contribution >= 0.6 is 45.3 Å². The molecular formula is C61H38BeN4O4S4+4. The number of nitrogens with one attached hydrogen (secondary N) is 2. The van der Waals surface area contributed by atoms with Gasteiger partial charge < -0.3 is 19.7 Å². The fourth-order valence-corrected chi connectivity index (χ4v) is 14.3. The Morgan fingerprint density at radius 3 is 1.20 bits per heavy atom. The third kappa shape index (κ3) is 7.41. The van der Waals surface area contributed by atoms with E-state index in [0.29, 0.717) is 0 Å². The minimum atomic E-state index is -1.22. The van der Waals surface area contributed by atoms with Crippen molar-refractivity contribution in [1.29, 1.82) is 0 Å². The number of aromatic amines is 2. The topological polar surface area (TPSA) is 101 Å². The van der Waals surface area contributed by atoms with E-state index < -0.39 is 6.03 Å². The maximum Gasteiger partial charge on any atom is 2.00 e. The summed E-state index contributed by atoms with van der Waals surface area (Å²) in [6.45, 7) is 0. The number of nitrogens with zero attached hydrogens (tertiary/aromatic N) is 2. The van der Waals surface area contributed by atoms with E-state index in [1.54, 1.807) is 45.3 Å². The van der Waals surface area contributed by atoms with E-state index in [0.717, 1.165) is 107 Å². The average Bonchev–Trinajstić information content (AvgIpc) is 4.32. The van der Waals surface area contributed by atoms with Crippen molar-refractivity contribution in [2.24, 2.45) is 0 Å². The van der Waals surface area contributed by atoms with Crippen molar-refractivity contribution < 1.29 is 38.8 Å². The Bertz CT molecular complexity index is 4140. The summed E-state index contributed by atoms with van der Waals surface area (Å²) in [5, 5.41) is 32.8. The van der Waals surface area contributed by atoms with Crippen molar-refractivity contribution in [1.82, 2.24) is 0 Å². The molecule has 0 saturated heterocycles. The van der Waals surface area contributed by atoms with Crippen LogP contribution in [0.2, 0.25) is 0 Å². The molecule has 1 spiro atoms. The van der Waals surface area contributed by atoms with Crippen LogP contribution in [0.15, 0.2) is 218 Å². The third-order valence-corrected chi connectivity index (χ3v) is 17.8. The Balaban J connectivity index is 0.000000112. The molecule has 348 valence electrons. The number of H-pyrrole nitrogens is 2. The predicted molar refractivity (Wildman–Crippen MR) is 297 cm³/mol. The molecule has 0 amide bonds. The van der Waals surface area contributed by atoms with Crippen molar-refractivity contribution >= 4 is 118 Å². The summed E-state index contributed by atoms with van der Waals surface area (Å²) in [4.78, 5) is 6.67. The van der Waals surface area contributed by atoms with Crippen molar-refractivity contribution in [2.45, 2.75) is 6.03 Å². The van der Waals surface area contributed by atoms with Crippen LogP contribution in [0, 0.1) is 0 Å². The monoisotopic (exact) mass is 1030 g/mol. The largest absolute Gasteiger partial charge is 2.00 e. The van der Waals surface area contributed by atoms with Gasteiger partial charge in [-0.3, -0.25) is 0 Å². The molecule has 0 saturated carbocycles. The summed E-state index contributed by atoms with van der Waals surface area (Å²) >= 11 is 6.77. The maximum absolute atomic E-state index is 12.6. The number of hydrogen-bond acceptors (Lipinski definition) is 8. The zero-order chi connectivity index (χ0) is 48.6. The molecule has 6 heterocycles. The summed E-state index contributed by atoms with van der Waals surface area (Å²) in [6, 6.07) is 71.6.